The van der Waals surface area contributed by atoms with E-state index in [0.29, 0.717) is 15.6 Å². The number of aliphatic imine (C=N–C) groups is 1. The minimum Gasteiger partial charge on any atom is -0.349 e. The Hall–Kier alpha value is -2.27. The molecule has 5 rings (SSSR count). The Kier molecular flexibility index (Phi) is 6.27. The Morgan fingerprint density at radius 2 is 1.72 bits per heavy atom. The molecule has 0 saturated heterocycles. The summed E-state index contributed by atoms with van der Waals surface area (Å²) in [6.45, 7) is 0. The zero-order valence-electron chi connectivity index (χ0n) is 17.4. The smallest absolute Gasteiger partial charge is 0.251 e. The number of carbonyl (C=O) groups excluding carboxylic acids is 1. The first-order valence-corrected chi connectivity index (χ1v) is 12.4. The van der Waals surface area contributed by atoms with E-state index in [1.807, 2.05) is 42.5 Å². The highest BCUT2D eigenvalue weighted by atomic mass is 35.5. The van der Waals surface area contributed by atoms with Crippen LogP contribution in [0.2, 0.25) is 10.0 Å². The summed E-state index contributed by atoms with van der Waals surface area (Å²) in [5.41, 5.74) is 4.15. The third-order valence-corrected chi connectivity index (χ3v) is 7.83. The Bertz CT molecular complexity index is 1220. The lowest BCUT2D eigenvalue weighted by molar-refractivity contribution is 0.0927. The van der Waals surface area contributed by atoms with Crippen LogP contribution in [0.3, 0.4) is 0 Å². The molecule has 1 heterocycles. The number of fused-ring (bicyclic) bond motifs is 2. The van der Waals surface area contributed by atoms with Gasteiger partial charge in [0, 0.05) is 32.5 Å². The van der Waals surface area contributed by atoms with Crippen molar-refractivity contribution in [3.05, 3.63) is 87.4 Å². The van der Waals surface area contributed by atoms with Crippen molar-refractivity contribution in [2.75, 3.05) is 0 Å². The van der Waals surface area contributed by atoms with E-state index in [9.17, 15) is 4.79 Å². The van der Waals surface area contributed by atoms with Crippen LogP contribution in [0.1, 0.15) is 53.6 Å². The van der Waals surface area contributed by atoms with Crippen LogP contribution >= 0.6 is 35.0 Å². The zero-order valence-corrected chi connectivity index (χ0v) is 19.7. The van der Waals surface area contributed by atoms with Crippen LogP contribution in [0.4, 0.5) is 5.69 Å². The second-order valence-corrected chi connectivity index (χ2v) is 10.1. The Morgan fingerprint density at radius 1 is 0.906 bits per heavy atom. The molecule has 1 fully saturated rings. The van der Waals surface area contributed by atoms with Crippen molar-refractivity contribution < 1.29 is 4.79 Å². The van der Waals surface area contributed by atoms with Crippen molar-refractivity contribution in [1.82, 2.24) is 5.32 Å². The van der Waals surface area contributed by atoms with Gasteiger partial charge in [-0.1, -0.05) is 78.5 Å². The lowest BCUT2D eigenvalue weighted by atomic mass is 9.95. The molecule has 1 aliphatic carbocycles. The molecule has 0 aromatic heterocycles. The molecule has 6 heteroatoms. The quantitative estimate of drug-likeness (QED) is 0.326. The highest BCUT2D eigenvalue weighted by Gasteiger charge is 2.22. The van der Waals surface area contributed by atoms with Gasteiger partial charge in [0.1, 0.15) is 0 Å². The molecule has 32 heavy (non-hydrogen) atoms. The minimum atomic E-state index is -0.0299. The molecule has 0 atom stereocenters. The Morgan fingerprint density at radius 3 is 2.53 bits per heavy atom. The molecule has 0 spiro atoms. The summed E-state index contributed by atoms with van der Waals surface area (Å²) in [5, 5.41) is 4.20. The first kappa shape index (κ1) is 21.6. The summed E-state index contributed by atoms with van der Waals surface area (Å²) in [4.78, 5) is 20.1. The standard InChI is InChI=1S/C26H22Cl2N2OS/c27-20-12-10-16(14-21(20)28)25-19-8-4-5-9-23(19)32-24-13-11-17(15-22(24)30-25)26(31)29-18-6-2-1-3-7-18/h4-5,8-15,18H,1-3,6-7H2,(H,29,31). The van der Waals surface area contributed by atoms with Gasteiger partial charge in [0.25, 0.3) is 5.91 Å². The topological polar surface area (TPSA) is 41.5 Å². The van der Waals surface area contributed by atoms with E-state index in [2.05, 4.69) is 17.4 Å². The van der Waals surface area contributed by atoms with Crippen LogP contribution in [-0.2, 0) is 0 Å². The third kappa shape index (κ3) is 4.45. The second kappa shape index (κ2) is 9.30. The molecule has 1 aliphatic heterocycles. The van der Waals surface area contributed by atoms with Gasteiger partial charge in [0.05, 0.1) is 21.4 Å². The highest BCUT2D eigenvalue weighted by molar-refractivity contribution is 7.99. The Balaban J connectivity index is 1.55. The number of nitrogens with one attached hydrogen (secondary N) is 1. The van der Waals surface area contributed by atoms with Gasteiger partial charge in [-0.3, -0.25) is 4.79 Å². The number of benzene rings is 3. The van der Waals surface area contributed by atoms with Gasteiger partial charge in [-0.15, -0.1) is 0 Å². The van der Waals surface area contributed by atoms with Crippen molar-refractivity contribution in [3.8, 4) is 0 Å². The normalized spacial score (nSPS) is 15.9. The predicted octanol–water partition coefficient (Wildman–Crippen LogP) is 7.69. The number of hydrogen-bond acceptors (Lipinski definition) is 3. The second-order valence-electron chi connectivity index (χ2n) is 8.18. The van der Waals surface area contributed by atoms with Crippen LogP contribution in [-0.4, -0.2) is 17.7 Å². The maximum absolute atomic E-state index is 12.9. The van der Waals surface area contributed by atoms with Gasteiger partial charge >= 0.3 is 0 Å². The van der Waals surface area contributed by atoms with E-state index in [-0.39, 0.29) is 11.9 Å². The largest absolute Gasteiger partial charge is 0.349 e. The van der Waals surface area contributed by atoms with Gasteiger partial charge in [-0.05, 0) is 49.2 Å². The molecule has 0 unspecified atom stereocenters. The lowest BCUT2D eigenvalue weighted by Gasteiger charge is -2.22. The minimum absolute atomic E-state index is 0.0299. The van der Waals surface area contributed by atoms with Crippen molar-refractivity contribution >= 4 is 52.3 Å². The van der Waals surface area contributed by atoms with Gasteiger partial charge in [0.15, 0.2) is 0 Å². The van der Waals surface area contributed by atoms with E-state index >= 15 is 0 Å². The number of hydrogen-bond donors (Lipinski definition) is 1. The molecule has 0 bridgehead atoms. The van der Waals surface area contributed by atoms with E-state index in [4.69, 9.17) is 28.2 Å². The lowest BCUT2D eigenvalue weighted by Crippen LogP contribution is -2.36. The molecular formula is C26H22Cl2N2OS. The summed E-state index contributed by atoms with van der Waals surface area (Å²) in [6.07, 6.45) is 5.74. The highest BCUT2D eigenvalue weighted by Crippen LogP contribution is 2.42. The summed E-state index contributed by atoms with van der Waals surface area (Å²) < 4.78 is 0. The van der Waals surface area contributed by atoms with E-state index in [0.717, 1.165) is 45.2 Å². The van der Waals surface area contributed by atoms with Gasteiger partial charge in [-0.25, -0.2) is 4.99 Å². The summed E-state index contributed by atoms with van der Waals surface area (Å²) in [7, 11) is 0. The van der Waals surface area contributed by atoms with Gasteiger partial charge in [0.2, 0.25) is 0 Å². The first-order valence-electron chi connectivity index (χ1n) is 10.8. The summed E-state index contributed by atoms with van der Waals surface area (Å²) >= 11 is 14.1. The Labute approximate surface area is 202 Å². The number of carbonyl (C=O) groups is 1. The molecule has 2 aliphatic rings. The maximum atomic E-state index is 12.9. The molecule has 1 N–H and O–H groups in total. The van der Waals surface area contributed by atoms with Crippen LogP contribution in [0.25, 0.3) is 0 Å². The fourth-order valence-corrected chi connectivity index (χ4v) is 5.56. The monoisotopic (exact) mass is 480 g/mol. The molecule has 1 saturated carbocycles. The van der Waals surface area contributed by atoms with E-state index in [1.165, 1.54) is 19.3 Å². The van der Waals surface area contributed by atoms with Crippen molar-refractivity contribution in [2.45, 2.75) is 47.9 Å². The van der Waals surface area contributed by atoms with Crippen LogP contribution < -0.4 is 5.32 Å². The van der Waals surface area contributed by atoms with Crippen LogP contribution in [0.5, 0.6) is 0 Å². The predicted molar refractivity (Wildman–Crippen MR) is 133 cm³/mol. The van der Waals surface area contributed by atoms with Gasteiger partial charge in [-0.2, -0.15) is 0 Å². The van der Waals surface area contributed by atoms with E-state index in [1.54, 1.807) is 17.8 Å². The van der Waals surface area contributed by atoms with Crippen molar-refractivity contribution in [1.29, 1.82) is 0 Å². The molecule has 1 amide bonds. The fraction of sp³-hybridized carbons (Fsp3) is 0.231. The van der Waals surface area contributed by atoms with Crippen LogP contribution in [0.15, 0.2) is 75.4 Å². The average Bonchev–Trinajstić information content (AvgIpc) is 2.98. The fourth-order valence-electron chi connectivity index (χ4n) is 4.26. The molecule has 3 aromatic rings. The molecule has 0 radical (unpaired) electrons. The number of amides is 1. The summed E-state index contributed by atoms with van der Waals surface area (Å²) in [5.74, 6) is -0.0299. The maximum Gasteiger partial charge on any atom is 0.251 e. The molecular weight excluding hydrogens is 459 g/mol. The van der Waals surface area contributed by atoms with Crippen LogP contribution in [0, 0.1) is 0 Å². The van der Waals surface area contributed by atoms with Crippen molar-refractivity contribution in [3.63, 3.8) is 0 Å². The average molecular weight is 481 g/mol. The third-order valence-electron chi connectivity index (χ3n) is 5.95. The zero-order chi connectivity index (χ0) is 22.1. The molecule has 3 nitrogen and oxygen atoms in total. The summed E-state index contributed by atoms with van der Waals surface area (Å²) in [6, 6.07) is 19.8. The number of halogens is 2. The SMILES string of the molecule is O=C(NC1CCCCC1)c1ccc2c(c1)N=C(c1ccc(Cl)c(Cl)c1)c1ccccc1S2. The number of rotatable bonds is 3. The number of nitrogens with zero attached hydrogens (tertiary/aromatic N) is 1. The molecule has 3 aromatic carbocycles. The molecule has 162 valence electrons. The first-order chi connectivity index (χ1) is 15.6. The van der Waals surface area contributed by atoms with E-state index < -0.39 is 0 Å². The van der Waals surface area contributed by atoms with Gasteiger partial charge < -0.3 is 5.32 Å². The van der Waals surface area contributed by atoms with Crippen molar-refractivity contribution in [2.24, 2.45) is 4.99 Å².